The molecular weight excluding hydrogens is 230 g/mol. The van der Waals surface area contributed by atoms with Gasteiger partial charge in [-0.3, -0.25) is 14.9 Å². The van der Waals surface area contributed by atoms with Gasteiger partial charge in [0.25, 0.3) is 5.69 Å². The third-order valence-corrected chi connectivity index (χ3v) is 2.39. The summed E-state index contributed by atoms with van der Waals surface area (Å²) in [5, 5.41) is 11.1. The molecule has 1 aromatic carbocycles. The van der Waals surface area contributed by atoms with E-state index in [0.717, 1.165) is 6.42 Å². The number of halogens is 1. The molecule has 0 aliphatic carbocycles. The van der Waals surface area contributed by atoms with Crippen LogP contribution in [0.3, 0.4) is 0 Å². The van der Waals surface area contributed by atoms with Gasteiger partial charge in [-0.2, -0.15) is 0 Å². The van der Waals surface area contributed by atoms with Crippen molar-refractivity contribution in [1.82, 2.24) is 0 Å². The third kappa shape index (κ3) is 3.31. The normalized spacial score (nSPS) is 10.1. The van der Waals surface area contributed by atoms with Gasteiger partial charge in [0, 0.05) is 29.5 Å². The van der Waals surface area contributed by atoms with Crippen LogP contribution in [0.1, 0.15) is 25.3 Å². The highest BCUT2D eigenvalue weighted by atomic mass is 35.5. The summed E-state index contributed by atoms with van der Waals surface area (Å²) < 4.78 is 0. The van der Waals surface area contributed by atoms with E-state index in [0.29, 0.717) is 17.0 Å². The molecule has 0 amide bonds. The summed E-state index contributed by atoms with van der Waals surface area (Å²) in [6.45, 7) is 1.89. The molecule has 0 saturated heterocycles. The number of hydrogen-bond acceptors (Lipinski definition) is 3. The monoisotopic (exact) mass is 241 g/mol. The molecule has 0 saturated carbocycles. The molecule has 0 aliphatic rings. The van der Waals surface area contributed by atoms with Crippen molar-refractivity contribution in [2.24, 2.45) is 0 Å². The Morgan fingerprint density at radius 1 is 1.50 bits per heavy atom. The smallest absolute Gasteiger partial charge is 0.273 e. The zero-order chi connectivity index (χ0) is 12.1. The summed E-state index contributed by atoms with van der Waals surface area (Å²) in [6, 6.07) is 4.26. The average molecular weight is 242 g/mol. The van der Waals surface area contributed by atoms with Crippen molar-refractivity contribution < 1.29 is 9.72 Å². The van der Waals surface area contributed by atoms with E-state index >= 15 is 0 Å². The Labute approximate surface area is 98.4 Å². The summed E-state index contributed by atoms with van der Waals surface area (Å²) in [7, 11) is 0. The molecule has 0 spiro atoms. The zero-order valence-electron chi connectivity index (χ0n) is 8.90. The minimum Gasteiger partial charge on any atom is -0.299 e. The van der Waals surface area contributed by atoms with Crippen molar-refractivity contribution in [3.05, 3.63) is 38.9 Å². The quantitative estimate of drug-likeness (QED) is 0.588. The van der Waals surface area contributed by atoms with Crippen LogP contribution < -0.4 is 0 Å². The van der Waals surface area contributed by atoms with Crippen molar-refractivity contribution >= 4 is 23.1 Å². The number of ketones is 1. The van der Waals surface area contributed by atoms with Crippen LogP contribution in [0.25, 0.3) is 0 Å². The van der Waals surface area contributed by atoms with Crippen LogP contribution in [-0.4, -0.2) is 10.7 Å². The second kappa shape index (κ2) is 5.61. The largest absolute Gasteiger partial charge is 0.299 e. The topological polar surface area (TPSA) is 60.2 Å². The average Bonchev–Trinajstić information content (AvgIpc) is 2.17. The molecule has 0 atom stereocenters. The summed E-state index contributed by atoms with van der Waals surface area (Å²) in [6.07, 6.45) is 1.25. The number of nitro groups is 1. The van der Waals surface area contributed by atoms with Crippen molar-refractivity contribution in [3.63, 3.8) is 0 Å². The SMILES string of the molecule is CCCC(=O)Cc1cc(Cl)ccc1[N+](=O)[O-]. The Hall–Kier alpha value is -1.42. The van der Waals surface area contributed by atoms with E-state index in [1.54, 1.807) is 0 Å². The summed E-state index contributed by atoms with van der Waals surface area (Å²) in [5.41, 5.74) is 0.338. The van der Waals surface area contributed by atoms with Gasteiger partial charge in [0.2, 0.25) is 0 Å². The van der Waals surface area contributed by atoms with Crippen LogP contribution in [0.4, 0.5) is 5.69 Å². The van der Waals surface area contributed by atoms with Crippen LogP contribution in [-0.2, 0) is 11.2 Å². The highest BCUT2D eigenvalue weighted by molar-refractivity contribution is 6.30. The van der Waals surface area contributed by atoms with Crippen molar-refractivity contribution in [2.45, 2.75) is 26.2 Å². The van der Waals surface area contributed by atoms with Crippen LogP contribution in [0.5, 0.6) is 0 Å². The highest BCUT2D eigenvalue weighted by Crippen LogP contribution is 2.23. The maximum atomic E-state index is 11.4. The van der Waals surface area contributed by atoms with Gasteiger partial charge in [0.05, 0.1) is 4.92 Å². The van der Waals surface area contributed by atoms with E-state index in [4.69, 9.17) is 11.6 Å². The molecule has 16 heavy (non-hydrogen) atoms. The lowest BCUT2D eigenvalue weighted by Crippen LogP contribution is -2.04. The van der Waals surface area contributed by atoms with Gasteiger partial charge in [-0.1, -0.05) is 18.5 Å². The lowest BCUT2D eigenvalue weighted by molar-refractivity contribution is -0.385. The van der Waals surface area contributed by atoms with Gasteiger partial charge in [-0.15, -0.1) is 0 Å². The number of benzene rings is 1. The van der Waals surface area contributed by atoms with E-state index in [-0.39, 0.29) is 17.9 Å². The number of carbonyl (C=O) groups is 1. The number of Topliss-reactive ketones (excluding diaryl/α,β-unsaturated/α-hetero) is 1. The van der Waals surface area contributed by atoms with Gasteiger partial charge in [0.1, 0.15) is 5.78 Å². The highest BCUT2D eigenvalue weighted by Gasteiger charge is 2.16. The molecule has 1 rings (SSSR count). The maximum absolute atomic E-state index is 11.4. The first kappa shape index (κ1) is 12.6. The molecule has 1 aromatic rings. The molecule has 0 aliphatic heterocycles. The van der Waals surface area contributed by atoms with E-state index < -0.39 is 4.92 Å². The molecule has 0 heterocycles. The minimum atomic E-state index is -0.495. The standard InChI is InChI=1S/C11H12ClNO3/c1-2-3-10(14)7-8-6-9(12)4-5-11(8)13(15)16/h4-6H,2-3,7H2,1H3. The summed E-state index contributed by atoms with van der Waals surface area (Å²) in [5.74, 6) is -0.00660. The second-order valence-corrected chi connectivity index (χ2v) is 3.93. The van der Waals surface area contributed by atoms with Crippen molar-refractivity contribution in [1.29, 1.82) is 0 Å². The predicted molar refractivity (Wildman–Crippen MR) is 61.7 cm³/mol. The Morgan fingerprint density at radius 3 is 2.75 bits per heavy atom. The van der Waals surface area contributed by atoms with Crippen LogP contribution in [0.2, 0.25) is 5.02 Å². The van der Waals surface area contributed by atoms with E-state index in [9.17, 15) is 14.9 Å². The first-order chi connectivity index (χ1) is 7.54. The second-order valence-electron chi connectivity index (χ2n) is 3.50. The number of carbonyl (C=O) groups excluding carboxylic acids is 1. The molecule has 86 valence electrons. The van der Waals surface area contributed by atoms with Crippen LogP contribution >= 0.6 is 11.6 Å². The minimum absolute atomic E-state index is 0.00660. The fourth-order valence-electron chi connectivity index (χ4n) is 1.45. The summed E-state index contributed by atoms with van der Waals surface area (Å²) in [4.78, 5) is 21.7. The number of nitrogens with zero attached hydrogens (tertiary/aromatic N) is 1. The van der Waals surface area contributed by atoms with Crippen molar-refractivity contribution in [2.75, 3.05) is 0 Å². The number of rotatable bonds is 5. The van der Waals surface area contributed by atoms with Gasteiger partial charge < -0.3 is 0 Å². The van der Waals surface area contributed by atoms with E-state index in [2.05, 4.69) is 0 Å². The third-order valence-electron chi connectivity index (χ3n) is 2.15. The molecule has 0 bridgehead atoms. The van der Waals surface area contributed by atoms with Gasteiger partial charge >= 0.3 is 0 Å². The molecule has 5 heteroatoms. The molecular formula is C11H12ClNO3. The Bertz CT molecular complexity index is 418. The summed E-state index contributed by atoms with van der Waals surface area (Å²) >= 11 is 5.75. The molecule has 0 N–H and O–H groups in total. The fraction of sp³-hybridized carbons (Fsp3) is 0.364. The Morgan fingerprint density at radius 2 is 2.19 bits per heavy atom. The predicted octanol–water partition coefficient (Wildman–Crippen LogP) is 3.16. The molecule has 4 nitrogen and oxygen atoms in total. The molecule has 0 radical (unpaired) electrons. The fourth-order valence-corrected chi connectivity index (χ4v) is 1.65. The van der Waals surface area contributed by atoms with Gasteiger partial charge in [0.15, 0.2) is 0 Å². The van der Waals surface area contributed by atoms with Crippen LogP contribution in [0, 0.1) is 10.1 Å². The molecule has 0 fully saturated rings. The van der Waals surface area contributed by atoms with Crippen molar-refractivity contribution in [3.8, 4) is 0 Å². The first-order valence-corrected chi connectivity index (χ1v) is 5.37. The Balaban J connectivity index is 2.96. The van der Waals surface area contributed by atoms with E-state index in [1.807, 2.05) is 6.92 Å². The first-order valence-electron chi connectivity index (χ1n) is 4.99. The van der Waals surface area contributed by atoms with Crippen LogP contribution in [0.15, 0.2) is 18.2 Å². The van der Waals surface area contributed by atoms with Gasteiger partial charge in [-0.25, -0.2) is 0 Å². The zero-order valence-corrected chi connectivity index (χ0v) is 9.66. The number of nitro benzene ring substituents is 1. The molecule has 0 unspecified atom stereocenters. The van der Waals surface area contributed by atoms with E-state index in [1.165, 1.54) is 18.2 Å². The number of hydrogen-bond donors (Lipinski definition) is 0. The lowest BCUT2D eigenvalue weighted by atomic mass is 10.0. The lowest BCUT2D eigenvalue weighted by Gasteiger charge is -2.02. The molecule has 0 aromatic heterocycles. The maximum Gasteiger partial charge on any atom is 0.273 e. The van der Waals surface area contributed by atoms with Gasteiger partial charge in [-0.05, 0) is 18.6 Å². The Kier molecular flexibility index (Phi) is 4.43.